The summed E-state index contributed by atoms with van der Waals surface area (Å²) in [4.78, 5) is 0. The molecular formula is C14H9BrCl3NO2. The first-order chi connectivity index (χ1) is 10.0. The van der Waals surface area contributed by atoms with Gasteiger partial charge in [-0.25, -0.2) is 0 Å². The van der Waals surface area contributed by atoms with Gasteiger partial charge in [0.1, 0.15) is 6.61 Å². The predicted octanol–water partition coefficient (Wildman–Crippen LogP) is 5.80. The first-order valence-corrected chi connectivity index (χ1v) is 7.67. The highest BCUT2D eigenvalue weighted by molar-refractivity contribution is 9.10. The number of oxime groups is 1. The van der Waals surface area contributed by atoms with Gasteiger partial charge in [0, 0.05) is 15.6 Å². The van der Waals surface area contributed by atoms with E-state index in [1.807, 2.05) is 0 Å². The maximum absolute atomic E-state index is 8.53. The Labute approximate surface area is 145 Å². The molecule has 0 atom stereocenters. The fourth-order valence-corrected chi connectivity index (χ4v) is 3.10. The average Bonchev–Trinajstić information content (AvgIpc) is 2.40. The van der Waals surface area contributed by atoms with Crippen LogP contribution in [0.15, 0.2) is 40.0 Å². The number of hydrogen-bond donors (Lipinski definition) is 1. The molecule has 0 fully saturated rings. The molecule has 0 heterocycles. The quantitative estimate of drug-likeness (QED) is 0.394. The Morgan fingerprint density at radius 1 is 1.14 bits per heavy atom. The molecule has 1 N–H and O–H groups in total. The molecule has 0 unspecified atom stereocenters. The fraction of sp³-hybridized carbons (Fsp3) is 0.0714. The molecule has 3 nitrogen and oxygen atoms in total. The van der Waals surface area contributed by atoms with Crippen molar-refractivity contribution < 1.29 is 9.94 Å². The van der Waals surface area contributed by atoms with Crippen molar-refractivity contribution in [1.29, 1.82) is 0 Å². The molecule has 110 valence electrons. The first kappa shape index (κ1) is 16.4. The van der Waals surface area contributed by atoms with E-state index in [0.29, 0.717) is 30.9 Å². The number of benzene rings is 2. The molecule has 2 rings (SSSR count). The van der Waals surface area contributed by atoms with E-state index in [4.69, 9.17) is 44.7 Å². The lowest BCUT2D eigenvalue weighted by Crippen LogP contribution is -1.98. The molecule has 0 aliphatic heterocycles. The van der Waals surface area contributed by atoms with Gasteiger partial charge in [-0.05, 0) is 45.8 Å². The zero-order chi connectivity index (χ0) is 15.4. The van der Waals surface area contributed by atoms with Crippen LogP contribution in [-0.2, 0) is 6.61 Å². The van der Waals surface area contributed by atoms with Crippen molar-refractivity contribution in [2.24, 2.45) is 5.16 Å². The lowest BCUT2D eigenvalue weighted by Gasteiger charge is -2.12. The van der Waals surface area contributed by atoms with Crippen molar-refractivity contribution in [3.05, 3.63) is 61.0 Å². The molecular weight excluding hydrogens is 400 g/mol. The largest absolute Gasteiger partial charge is 0.486 e. The first-order valence-electron chi connectivity index (χ1n) is 5.74. The molecule has 0 radical (unpaired) electrons. The standard InChI is InChI=1S/C14H9BrCl3NO2/c15-11-3-8(6-19-20)4-13(18)14(11)21-7-9-1-2-10(16)5-12(9)17/h1-6,20H,7H2/b19-6+. The van der Waals surface area contributed by atoms with Gasteiger partial charge in [-0.2, -0.15) is 0 Å². The zero-order valence-electron chi connectivity index (χ0n) is 10.5. The van der Waals surface area contributed by atoms with E-state index < -0.39 is 0 Å². The van der Waals surface area contributed by atoms with Crippen LogP contribution in [0.5, 0.6) is 5.75 Å². The molecule has 21 heavy (non-hydrogen) atoms. The summed E-state index contributed by atoms with van der Waals surface area (Å²) in [7, 11) is 0. The van der Waals surface area contributed by atoms with Crippen LogP contribution in [0.25, 0.3) is 0 Å². The number of nitrogens with zero attached hydrogens (tertiary/aromatic N) is 1. The summed E-state index contributed by atoms with van der Waals surface area (Å²) in [5.41, 5.74) is 1.44. The van der Waals surface area contributed by atoms with Crippen LogP contribution in [-0.4, -0.2) is 11.4 Å². The van der Waals surface area contributed by atoms with Crippen molar-refractivity contribution in [3.8, 4) is 5.75 Å². The van der Waals surface area contributed by atoms with E-state index in [-0.39, 0.29) is 6.61 Å². The maximum atomic E-state index is 8.53. The van der Waals surface area contributed by atoms with Crippen LogP contribution in [0.4, 0.5) is 0 Å². The lowest BCUT2D eigenvalue weighted by molar-refractivity contribution is 0.304. The van der Waals surface area contributed by atoms with E-state index in [9.17, 15) is 0 Å². The van der Waals surface area contributed by atoms with Crippen molar-refractivity contribution in [2.75, 3.05) is 0 Å². The third-order valence-corrected chi connectivity index (χ3v) is 4.07. The van der Waals surface area contributed by atoms with Gasteiger partial charge in [-0.3, -0.25) is 0 Å². The van der Waals surface area contributed by atoms with Crippen LogP contribution in [0.3, 0.4) is 0 Å². The molecule has 0 spiro atoms. The molecule has 0 aromatic heterocycles. The van der Waals surface area contributed by atoms with Crippen molar-refractivity contribution >= 4 is 56.9 Å². The van der Waals surface area contributed by atoms with Gasteiger partial charge >= 0.3 is 0 Å². The summed E-state index contributed by atoms with van der Waals surface area (Å²) in [6.45, 7) is 0.252. The summed E-state index contributed by atoms with van der Waals surface area (Å²) in [5, 5.41) is 13.0. The molecule has 0 saturated carbocycles. The van der Waals surface area contributed by atoms with Gasteiger partial charge in [0.15, 0.2) is 5.75 Å². The Morgan fingerprint density at radius 2 is 1.90 bits per heavy atom. The molecule has 7 heteroatoms. The highest BCUT2D eigenvalue weighted by Gasteiger charge is 2.10. The van der Waals surface area contributed by atoms with E-state index in [2.05, 4.69) is 21.1 Å². The maximum Gasteiger partial charge on any atom is 0.152 e. The van der Waals surface area contributed by atoms with E-state index >= 15 is 0 Å². The molecule has 0 aliphatic carbocycles. The minimum absolute atomic E-state index is 0.252. The summed E-state index contributed by atoms with van der Waals surface area (Å²) in [6.07, 6.45) is 1.27. The van der Waals surface area contributed by atoms with Crippen molar-refractivity contribution in [3.63, 3.8) is 0 Å². The number of hydrogen-bond acceptors (Lipinski definition) is 3. The van der Waals surface area contributed by atoms with Crippen LogP contribution >= 0.6 is 50.7 Å². The van der Waals surface area contributed by atoms with Crippen LogP contribution in [0.1, 0.15) is 11.1 Å². The summed E-state index contributed by atoms with van der Waals surface area (Å²) < 4.78 is 6.34. The Hall–Kier alpha value is -0.940. The SMILES string of the molecule is O/N=C/c1cc(Cl)c(OCc2ccc(Cl)cc2Cl)c(Br)c1. The summed E-state index contributed by atoms with van der Waals surface area (Å²) >= 11 is 21.4. The van der Waals surface area contributed by atoms with Gasteiger partial charge in [-0.1, -0.05) is 46.0 Å². The van der Waals surface area contributed by atoms with Gasteiger partial charge in [0.2, 0.25) is 0 Å². The molecule has 2 aromatic carbocycles. The van der Waals surface area contributed by atoms with Gasteiger partial charge in [-0.15, -0.1) is 0 Å². The van der Waals surface area contributed by atoms with E-state index in [1.54, 1.807) is 30.3 Å². The third kappa shape index (κ3) is 4.27. The highest BCUT2D eigenvalue weighted by atomic mass is 79.9. The minimum Gasteiger partial charge on any atom is -0.486 e. The Kier molecular flexibility index (Phi) is 5.76. The molecule has 2 aromatic rings. The number of halogens is 4. The Bertz CT molecular complexity index is 669. The Balaban J connectivity index is 2.20. The molecule has 0 saturated heterocycles. The Morgan fingerprint density at radius 3 is 2.52 bits per heavy atom. The van der Waals surface area contributed by atoms with E-state index in [1.165, 1.54) is 6.21 Å². The molecule has 0 amide bonds. The zero-order valence-corrected chi connectivity index (χ0v) is 14.3. The second-order valence-electron chi connectivity index (χ2n) is 4.08. The minimum atomic E-state index is 0.252. The van der Waals surface area contributed by atoms with Crippen molar-refractivity contribution in [1.82, 2.24) is 0 Å². The third-order valence-electron chi connectivity index (χ3n) is 2.61. The van der Waals surface area contributed by atoms with Gasteiger partial charge < -0.3 is 9.94 Å². The molecule has 0 bridgehead atoms. The fourth-order valence-electron chi connectivity index (χ4n) is 1.65. The normalized spacial score (nSPS) is 11.0. The second-order valence-corrected chi connectivity index (χ2v) is 6.19. The number of rotatable bonds is 4. The van der Waals surface area contributed by atoms with Gasteiger partial charge in [0.05, 0.1) is 15.7 Å². The van der Waals surface area contributed by atoms with Crippen LogP contribution in [0, 0.1) is 0 Å². The van der Waals surface area contributed by atoms with Crippen LogP contribution < -0.4 is 4.74 Å². The highest BCUT2D eigenvalue weighted by Crippen LogP contribution is 2.35. The molecule has 0 aliphatic rings. The summed E-state index contributed by atoms with van der Waals surface area (Å²) in [6, 6.07) is 8.54. The smallest absolute Gasteiger partial charge is 0.152 e. The van der Waals surface area contributed by atoms with Crippen molar-refractivity contribution in [2.45, 2.75) is 6.61 Å². The number of ether oxygens (including phenoxy) is 1. The monoisotopic (exact) mass is 407 g/mol. The van der Waals surface area contributed by atoms with E-state index in [0.717, 1.165) is 5.56 Å². The second kappa shape index (κ2) is 7.36. The van der Waals surface area contributed by atoms with Crippen LogP contribution in [0.2, 0.25) is 15.1 Å². The average molecular weight is 409 g/mol. The predicted molar refractivity (Wildman–Crippen MR) is 89.3 cm³/mol. The summed E-state index contributed by atoms with van der Waals surface area (Å²) in [5.74, 6) is 0.484. The topological polar surface area (TPSA) is 41.8 Å². The lowest BCUT2D eigenvalue weighted by atomic mass is 10.2. The van der Waals surface area contributed by atoms with Gasteiger partial charge in [0.25, 0.3) is 0 Å².